The molecule has 0 radical (unpaired) electrons. The predicted molar refractivity (Wildman–Crippen MR) is 117 cm³/mol. The van der Waals surface area contributed by atoms with Crippen LogP contribution in [0, 0.1) is 5.92 Å². The highest BCUT2D eigenvalue weighted by Crippen LogP contribution is 2.19. The summed E-state index contributed by atoms with van der Waals surface area (Å²) in [5.41, 5.74) is 2.16. The topological polar surface area (TPSA) is 81.5 Å². The zero-order valence-corrected chi connectivity index (χ0v) is 17.7. The van der Waals surface area contributed by atoms with Crippen LogP contribution in [-0.2, 0) is 29.0 Å². The van der Waals surface area contributed by atoms with Crippen molar-refractivity contribution in [3.8, 4) is 0 Å². The largest absolute Gasteiger partial charge is 0.451 e. The Hall–Kier alpha value is -3.48. The second kappa shape index (κ2) is 8.71. The predicted octanol–water partition coefficient (Wildman–Crippen LogP) is 2.79. The van der Waals surface area contributed by atoms with Crippen molar-refractivity contribution in [3.63, 3.8) is 0 Å². The van der Waals surface area contributed by atoms with Gasteiger partial charge in [-0.3, -0.25) is 9.59 Å². The molecule has 0 unspecified atom stereocenters. The maximum Gasteiger partial charge on any atom is 0.359 e. The first-order chi connectivity index (χ1) is 14.9. The van der Waals surface area contributed by atoms with Crippen molar-refractivity contribution in [3.05, 3.63) is 75.7 Å². The van der Waals surface area contributed by atoms with Crippen LogP contribution >= 0.6 is 0 Å². The van der Waals surface area contributed by atoms with Crippen LogP contribution in [0.2, 0.25) is 0 Å². The van der Waals surface area contributed by atoms with Crippen molar-refractivity contribution in [1.82, 2.24) is 14.7 Å². The summed E-state index contributed by atoms with van der Waals surface area (Å²) in [6.45, 7) is 5.06. The maximum absolute atomic E-state index is 12.8. The van der Waals surface area contributed by atoms with Gasteiger partial charge in [0.15, 0.2) is 12.3 Å². The number of hydrogen-bond donors (Lipinski definition) is 0. The van der Waals surface area contributed by atoms with Crippen molar-refractivity contribution in [1.29, 1.82) is 0 Å². The van der Waals surface area contributed by atoms with Gasteiger partial charge >= 0.3 is 5.97 Å². The molecule has 0 N–H and O–H groups in total. The minimum absolute atomic E-state index is 0.0487. The molecule has 2 aromatic carbocycles. The molecule has 1 aliphatic heterocycles. The lowest BCUT2D eigenvalue weighted by Crippen LogP contribution is -2.38. The SMILES string of the molecule is CC(C)Cn1nc(C(=O)OCC(=O)N2CCc3ccccc3C2)c2ccccc2c1=O. The number of fused-ring (bicyclic) bond motifs is 2. The Balaban J connectivity index is 1.52. The van der Waals surface area contributed by atoms with Crippen LogP contribution in [0.3, 0.4) is 0 Å². The number of benzene rings is 2. The van der Waals surface area contributed by atoms with Crippen LogP contribution in [0.1, 0.15) is 35.5 Å². The third-order valence-corrected chi connectivity index (χ3v) is 5.41. The average molecular weight is 419 g/mol. The monoisotopic (exact) mass is 419 g/mol. The molecule has 2 heterocycles. The van der Waals surface area contributed by atoms with Gasteiger partial charge in [-0.1, -0.05) is 56.3 Å². The van der Waals surface area contributed by atoms with Gasteiger partial charge in [0.1, 0.15) is 0 Å². The lowest BCUT2D eigenvalue weighted by molar-refractivity contribution is -0.135. The number of nitrogens with zero attached hydrogens (tertiary/aromatic N) is 3. The molecule has 0 saturated carbocycles. The fourth-order valence-electron chi connectivity index (χ4n) is 3.85. The second-order valence-corrected chi connectivity index (χ2v) is 8.19. The van der Waals surface area contributed by atoms with E-state index in [0.717, 1.165) is 12.0 Å². The van der Waals surface area contributed by atoms with E-state index < -0.39 is 5.97 Å². The smallest absolute Gasteiger partial charge is 0.359 e. The van der Waals surface area contributed by atoms with Crippen LogP contribution in [0.4, 0.5) is 0 Å². The van der Waals surface area contributed by atoms with E-state index in [1.807, 2.05) is 32.0 Å². The third kappa shape index (κ3) is 4.35. The number of rotatable bonds is 5. The summed E-state index contributed by atoms with van der Waals surface area (Å²) >= 11 is 0. The van der Waals surface area contributed by atoms with Crippen molar-refractivity contribution in [2.75, 3.05) is 13.2 Å². The molecule has 31 heavy (non-hydrogen) atoms. The summed E-state index contributed by atoms with van der Waals surface area (Å²) in [7, 11) is 0. The van der Waals surface area contributed by atoms with Gasteiger partial charge in [-0.2, -0.15) is 5.10 Å². The zero-order valence-electron chi connectivity index (χ0n) is 17.7. The first-order valence-electron chi connectivity index (χ1n) is 10.5. The van der Waals surface area contributed by atoms with E-state index in [2.05, 4.69) is 11.2 Å². The lowest BCUT2D eigenvalue weighted by Gasteiger charge is -2.28. The van der Waals surface area contributed by atoms with Gasteiger partial charge < -0.3 is 9.64 Å². The summed E-state index contributed by atoms with van der Waals surface area (Å²) < 4.78 is 6.63. The second-order valence-electron chi connectivity index (χ2n) is 8.19. The van der Waals surface area contributed by atoms with Crippen LogP contribution in [0.5, 0.6) is 0 Å². The molecule has 0 saturated heterocycles. The van der Waals surface area contributed by atoms with Crippen LogP contribution in [0.15, 0.2) is 53.3 Å². The Morgan fingerprint density at radius 3 is 2.45 bits per heavy atom. The van der Waals surface area contributed by atoms with Gasteiger partial charge in [-0.25, -0.2) is 9.48 Å². The van der Waals surface area contributed by atoms with Crippen molar-refractivity contribution in [2.45, 2.75) is 33.4 Å². The highest BCUT2D eigenvalue weighted by Gasteiger charge is 2.23. The molecule has 0 atom stereocenters. The number of ether oxygens (including phenoxy) is 1. The number of carbonyl (C=O) groups excluding carboxylic acids is 2. The van der Waals surface area contributed by atoms with Gasteiger partial charge in [0.05, 0.1) is 5.39 Å². The number of carbonyl (C=O) groups is 2. The number of aromatic nitrogens is 2. The van der Waals surface area contributed by atoms with Crippen molar-refractivity contribution >= 4 is 22.6 Å². The summed E-state index contributed by atoms with van der Waals surface area (Å²) in [6.07, 6.45) is 0.780. The lowest BCUT2D eigenvalue weighted by atomic mass is 10.00. The summed E-state index contributed by atoms with van der Waals surface area (Å²) in [5, 5.41) is 5.10. The molecule has 160 valence electrons. The summed E-state index contributed by atoms with van der Waals surface area (Å²) in [6, 6.07) is 14.9. The van der Waals surface area contributed by atoms with Gasteiger partial charge in [0.2, 0.25) is 0 Å². The fraction of sp³-hybridized carbons (Fsp3) is 0.333. The summed E-state index contributed by atoms with van der Waals surface area (Å²) in [4.78, 5) is 39.9. The third-order valence-electron chi connectivity index (χ3n) is 5.41. The van der Waals surface area contributed by atoms with E-state index in [4.69, 9.17) is 4.74 Å². The molecule has 1 amide bonds. The average Bonchev–Trinajstić information content (AvgIpc) is 2.78. The zero-order chi connectivity index (χ0) is 22.0. The Labute approximate surface area is 180 Å². The van der Waals surface area contributed by atoms with Crippen LogP contribution in [0.25, 0.3) is 10.8 Å². The molecule has 4 rings (SSSR count). The molecule has 0 spiro atoms. The Morgan fingerprint density at radius 2 is 1.71 bits per heavy atom. The molecule has 1 aromatic heterocycles. The Morgan fingerprint density at radius 1 is 1.03 bits per heavy atom. The van der Waals surface area contributed by atoms with E-state index in [1.54, 1.807) is 29.2 Å². The van der Waals surface area contributed by atoms with Crippen molar-refractivity contribution < 1.29 is 14.3 Å². The standard InChI is InChI=1S/C24H25N3O4/c1-16(2)13-27-23(29)20-10-6-5-9-19(20)22(25-27)24(30)31-15-21(28)26-12-11-17-7-3-4-8-18(17)14-26/h3-10,16H,11-15H2,1-2H3. The maximum atomic E-state index is 12.8. The quantitative estimate of drug-likeness (QED) is 0.594. The molecular weight excluding hydrogens is 394 g/mol. The minimum atomic E-state index is -0.709. The first-order valence-corrected chi connectivity index (χ1v) is 10.5. The van der Waals surface area contributed by atoms with Crippen molar-refractivity contribution in [2.24, 2.45) is 5.92 Å². The Kier molecular flexibility index (Phi) is 5.84. The molecule has 1 aliphatic rings. The molecule has 7 nitrogen and oxygen atoms in total. The van der Waals surface area contributed by atoms with E-state index in [-0.39, 0.29) is 29.7 Å². The molecule has 7 heteroatoms. The highest BCUT2D eigenvalue weighted by molar-refractivity contribution is 6.02. The normalized spacial score (nSPS) is 13.3. The number of esters is 1. The van der Waals surface area contributed by atoms with Gasteiger partial charge in [-0.05, 0) is 29.5 Å². The minimum Gasteiger partial charge on any atom is -0.451 e. The van der Waals surface area contributed by atoms with Gasteiger partial charge in [0, 0.05) is 25.0 Å². The van der Waals surface area contributed by atoms with E-state index >= 15 is 0 Å². The highest BCUT2D eigenvalue weighted by atomic mass is 16.5. The van der Waals surface area contributed by atoms with Crippen LogP contribution in [-0.4, -0.2) is 39.7 Å². The number of amides is 1. The molecule has 0 fully saturated rings. The molecular formula is C24H25N3O4. The van der Waals surface area contributed by atoms with E-state index in [9.17, 15) is 14.4 Å². The Bertz CT molecular complexity index is 1200. The molecule has 0 bridgehead atoms. The fourth-order valence-corrected chi connectivity index (χ4v) is 3.85. The molecule has 3 aromatic rings. The number of hydrogen-bond acceptors (Lipinski definition) is 5. The van der Waals surface area contributed by atoms with Crippen LogP contribution < -0.4 is 5.56 Å². The van der Waals surface area contributed by atoms with E-state index in [1.165, 1.54) is 10.2 Å². The first kappa shape index (κ1) is 20.8. The van der Waals surface area contributed by atoms with E-state index in [0.29, 0.717) is 30.4 Å². The van der Waals surface area contributed by atoms with Gasteiger partial charge in [-0.15, -0.1) is 0 Å². The van der Waals surface area contributed by atoms with Gasteiger partial charge in [0.25, 0.3) is 11.5 Å². The summed E-state index contributed by atoms with van der Waals surface area (Å²) in [5.74, 6) is -0.777. The molecule has 0 aliphatic carbocycles.